The van der Waals surface area contributed by atoms with Gasteiger partial charge in [0, 0.05) is 18.3 Å². The fourth-order valence-electron chi connectivity index (χ4n) is 3.48. The van der Waals surface area contributed by atoms with Gasteiger partial charge in [-0.15, -0.1) is 0 Å². The van der Waals surface area contributed by atoms with E-state index in [0.29, 0.717) is 16.7 Å². The van der Waals surface area contributed by atoms with Gasteiger partial charge < -0.3 is 22.8 Å². The summed E-state index contributed by atoms with van der Waals surface area (Å²) in [5.41, 5.74) is 0.625. The van der Waals surface area contributed by atoms with Crippen molar-refractivity contribution in [3.05, 3.63) is 30.1 Å². The predicted molar refractivity (Wildman–Crippen MR) is 131 cm³/mol. The first-order valence-electron chi connectivity index (χ1n) is 11.4. The Morgan fingerprint density at radius 1 is 0.971 bits per heavy atom. The molecular weight excluding hydrogens is 482 g/mol. The van der Waals surface area contributed by atoms with Crippen LogP contribution in [0.1, 0.15) is 54.2 Å². The van der Waals surface area contributed by atoms with Gasteiger partial charge in [-0.3, -0.25) is 14.1 Å². The number of pyridine rings is 1. The molecule has 34 heavy (non-hydrogen) atoms. The number of hydrogen-bond acceptors (Lipinski definition) is 9. The first-order chi connectivity index (χ1) is 15.9. The van der Waals surface area contributed by atoms with E-state index in [1.165, 1.54) is 4.57 Å². The Hall–Kier alpha value is -1.54. The highest BCUT2D eigenvalue weighted by molar-refractivity contribution is 7.72. The van der Waals surface area contributed by atoms with E-state index in [1.807, 2.05) is 0 Å². The molecule has 0 aromatic carbocycles. The summed E-state index contributed by atoms with van der Waals surface area (Å²) in [5, 5.41) is -1.31. The van der Waals surface area contributed by atoms with E-state index in [4.69, 9.17) is 22.8 Å². The van der Waals surface area contributed by atoms with Gasteiger partial charge in [0.2, 0.25) is 0 Å². The molecule has 0 aliphatic rings. The van der Waals surface area contributed by atoms with E-state index < -0.39 is 32.3 Å². The summed E-state index contributed by atoms with van der Waals surface area (Å²) < 4.78 is 57.0. The molecule has 12 heteroatoms. The van der Waals surface area contributed by atoms with Crippen LogP contribution in [-0.2, 0) is 38.4 Å². The third-order valence-corrected chi connectivity index (χ3v) is 10.6. The van der Waals surface area contributed by atoms with Crippen LogP contribution in [0.2, 0.25) is 0 Å². The smallest absolute Gasteiger partial charge is 0.419 e. The zero-order valence-electron chi connectivity index (χ0n) is 21.0. The SMILES string of the molecule is CCOP(=O)(OCC)C(Cc1cc2ncccc2n1C(=O)OC(C)(C)C)P(=O)(OCC)OCC. The minimum absolute atomic E-state index is 0.0582. The molecule has 0 aliphatic carbocycles. The average Bonchev–Trinajstić information content (AvgIpc) is 3.09. The summed E-state index contributed by atoms with van der Waals surface area (Å²) in [6.45, 7) is 12.2. The van der Waals surface area contributed by atoms with Crippen LogP contribution < -0.4 is 0 Å². The van der Waals surface area contributed by atoms with Crippen LogP contribution in [0.5, 0.6) is 0 Å². The second kappa shape index (κ2) is 11.9. The third kappa shape index (κ3) is 6.78. The average molecular weight is 518 g/mol. The zero-order valence-corrected chi connectivity index (χ0v) is 22.8. The molecule has 10 nitrogen and oxygen atoms in total. The summed E-state index contributed by atoms with van der Waals surface area (Å²) >= 11 is 0. The fourth-order valence-corrected chi connectivity index (χ4v) is 8.77. The molecule has 0 spiro atoms. The zero-order chi connectivity index (χ0) is 25.6. The Bertz CT molecular complexity index is 1010. The lowest BCUT2D eigenvalue weighted by Gasteiger charge is -2.31. The van der Waals surface area contributed by atoms with Crippen LogP contribution in [0.3, 0.4) is 0 Å². The molecule has 0 N–H and O–H groups in total. The van der Waals surface area contributed by atoms with E-state index in [9.17, 15) is 13.9 Å². The Morgan fingerprint density at radius 2 is 1.47 bits per heavy atom. The van der Waals surface area contributed by atoms with Crippen molar-refractivity contribution in [1.82, 2.24) is 9.55 Å². The molecule has 0 bridgehead atoms. The molecule has 0 saturated carbocycles. The van der Waals surface area contributed by atoms with Crippen molar-refractivity contribution >= 4 is 32.3 Å². The monoisotopic (exact) mass is 518 g/mol. The molecule has 0 aliphatic heterocycles. The second-order valence-electron chi connectivity index (χ2n) is 8.29. The van der Waals surface area contributed by atoms with Crippen molar-refractivity contribution in [2.75, 3.05) is 26.4 Å². The van der Waals surface area contributed by atoms with Crippen molar-refractivity contribution in [2.24, 2.45) is 0 Å². The molecule has 2 heterocycles. The topological polar surface area (TPSA) is 115 Å². The lowest BCUT2D eigenvalue weighted by atomic mass is 10.2. The van der Waals surface area contributed by atoms with Gasteiger partial charge >= 0.3 is 21.3 Å². The van der Waals surface area contributed by atoms with Crippen LogP contribution in [-0.4, -0.2) is 53.1 Å². The number of aromatic nitrogens is 2. The van der Waals surface area contributed by atoms with Gasteiger partial charge in [0.15, 0.2) is 5.40 Å². The lowest BCUT2D eigenvalue weighted by Crippen LogP contribution is -2.29. The van der Waals surface area contributed by atoms with Crippen molar-refractivity contribution in [3.8, 4) is 0 Å². The molecule has 0 atom stereocenters. The van der Waals surface area contributed by atoms with E-state index >= 15 is 0 Å². The summed E-state index contributed by atoms with van der Waals surface area (Å²) in [7, 11) is -8.02. The molecule has 192 valence electrons. The van der Waals surface area contributed by atoms with Gasteiger partial charge in [0.1, 0.15) is 5.60 Å². The molecule has 0 unspecified atom stereocenters. The standard InChI is InChI=1S/C22H36N2O8P2/c1-8-28-33(26,29-9-2)20(34(27,30-10-3)31-11-4)16-17-15-18-19(13-12-14-23-18)24(17)21(25)32-22(5,6)7/h12-15,20H,8-11,16H2,1-7H3. The maximum Gasteiger partial charge on any atom is 0.419 e. The molecule has 2 aromatic rings. The first kappa shape index (κ1) is 28.7. The van der Waals surface area contributed by atoms with Crippen LogP contribution in [0.4, 0.5) is 4.79 Å². The Labute approximate surface area is 201 Å². The molecule has 0 fully saturated rings. The van der Waals surface area contributed by atoms with Gasteiger partial charge in [-0.25, -0.2) is 9.36 Å². The van der Waals surface area contributed by atoms with Gasteiger partial charge in [0.25, 0.3) is 0 Å². The largest absolute Gasteiger partial charge is 0.443 e. The Morgan fingerprint density at radius 3 is 1.91 bits per heavy atom. The number of fused-ring (bicyclic) bond motifs is 1. The van der Waals surface area contributed by atoms with Crippen molar-refractivity contribution in [3.63, 3.8) is 0 Å². The number of rotatable bonds is 12. The number of ether oxygens (including phenoxy) is 1. The van der Waals surface area contributed by atoms with Crippen LogP contribution in [0.15, 0.2) is 24.4 Å². The van der Waals surface area contributed by atoms with Crippen LogP contribution in [0, 0.1) is 0 Å². The number of carbonyl (C=O) groups is 1. The second-order valence-corrected chi connectivity index (χ2v) is 13.1. The minimum atomic E-state index is -4.01. The van der Waals surface area contributed by atoms with Crippen LogP contribution >= 0.6 is 15.2 Å². The first-order valence-corrected chi connectivity index (χ1v) is 14.6. The van der Waals surface area contributed by atoms with Gasteiger partial charge in [-0.1, -0.05) is 0 Å². The summed E-state index contributed by atoms with van der Waals surface area (Å²) in [6.07, 6.45) is 0.790. The number of carbonyl (C=O) groups excluding carboxylic acids is 1. The molecular formula is C22H36N2O8P2. The highest BCUT2D eigenvalue weighted by atomic mass is 31.2. The molecule has 0 amide bonds. The quantitative estimate of drug-likeness (QED) is 0.302. The molecule has 0 saturated heterocycles. The number of nitrogens with zero attached hydrogens (tertiary/aromatic N) is 2. The Kier molecular flexibility index (Phi) is 10.1. The maximum atomic E-state index is 13.9. The third-order valence-electron chi connectivity index (χ3n) is 4.58. The van der Waals surface area contributed by atoms with Crippen molar-refractivity contribution < 1.29 is 36.8 Å². The van der Waals surface area contributed by atoms with E-state index in [2.05, 4.69) is 4.98 Å². The number of hydrogen-bond donors (Lipinski definition) is 0. The molecule has 2 rings (SSSR count). The van der Waals surface area contributed by atoms with Gasteiger partial charge in [-0.05, 0) is 66.7 Å². The van der Waals surface area contributed by atoms with Crippen molar-refractivity contribution in [1.29, 1.82) is 0 Å². The van der Waals surface area contributed by atoms with E-state index in [0.717, 1.165) is 0 Å². The lowest BCUT2D eigenvalue weighted by molar-refractivity contribution is 0.0539. The summed E-state index contributed by atoms with van der Waals surface area (Å²) in [4.78, 5) is 17.5. The van der Waals surface area contributed by atoms with E-state index in [1.54, 1.807) is 72.9 Å². The highest BCUT2D eigenvalue weighted by Gasteiger charge is 2.51. The summed E-state index contributed by atoms with van der Waals surface area (Å²) in [5.74, 6) is 0. The predicted octanol–water partition coefficient (Wildman–Crippen LogP) is 6.22. The Balaban J connectivity index is 2.72. The summed E-state index contributed by atoms with van der Waals surface area (Å²) in [6, 6.07) is 5.08. The van der Waals surface area contributed by atoms with Crippen molar-refractivity contribution in [2.45, 2.75) is 65.9 Å². The molecule has 2 aromatic heterocycles. The maximum absolute atomic E-state index is 13.9. The van der Waals surface area contributed by atoms with Crippen LogP contribution in [0.25, 0.3) is 11.0 Å². The van der Waals surface area contributed by atoms with Gasteiger partial charge in [-0.2, -0.15) is 0 Å². The van der Waals surface area contributed by atoms with E-state index in [-0.39, 0.29) is 32.8 Å². The van der Waals surface area contributed by atoms with Gasteiger partial charge in [0.05, 0.1) is 37.5 Å². The normalized spacial score (nSPS) is 13.1. The minimum Gasteiger partial charge on any atom is -0.443 e. The highest BCUT2D eigenvalue weighted by Crippen LogP contribution is 2.71. The fraction of sp³-hybridized carbons (Fsp3) is 0.636. The molecule has 0 radical (unpaired) electrons.